The fourth-order valence-corrected chi connectivity index (χ4v) is 5.67. The highest BCUT2D eigenvalue weighted by molar-refractivity contribution is 5.78. The van der Waals surface area contributed by atoms with Crippen LogP contribution in [0.3, 0.4) is 0 Å². The third kappa shape index (κ3) is 4.49. The van der Waals surface area contributed by atoms with Crippen molar-refractivity contribution in [2.45, 2.75) is 33.1 Å². The van der Waals surface area contributed by atoms with Gasteiger partial charge in [0.15, 0.2) is 0 Å². The first-order valence-corrected chi connectivity index (χ1v) is 12.5. The zero-order valence-corrected chi connectivity index (χ0v) is 20.8. The van der Waals surface area contributed by atoms with Gasteiger partial charge in [0.1, 0.15) is 17.7 Å². The van der Waals surface area contributed by atoms with Crippen molar-refractivity contribution in [3.8, 4) is 12.1 Å². The third-order valence-corrected chi connectivity index (χ3v) is 7.45. The largest absolute Gasteiger partial charge is 0.311 e. The SMILES string of the molecule is CC1(C)CC(=C(C#N)C#N)C=C2C=C(c3ccc(N(c4ccccc4)c4ccccc4)cc3)CCC21. The van der Waals surface area contributed by atoms with E-state index >= 15 is 0 Å². The monoisotopic (exact) mass is 467 g/mol. The normalized spacial score (nSPS) is 18.1. The Hall–Kier alpha value is -4.34. The summed E-state index contributed by atoms with van der Waals surface area (Å²) in [6, 6.07) is 33.8. The molecule has 0 saturated carbocycles. The number of nitrogens with zero attached hydrogens (tertiary/aromatic N) is 3. The van der Waals surface area contributed by atoms with Gasteiger partial charge in [-0.15, -0.1) is 0 Å². The minimum absolute atomic E-state index is 0.0239. The first-order valence-electron chi connectivity index (χ1n) is 12.5. The molecule has 1 unspecified atom stereocenters. The lowest BCUT2D eigenvalue weighted by molar-refractivity contribution is 0.227. The zero-order chi connectivity index (χ0) is 25.1. The highest BCUT2D eigenvalue weighted by Crippen LogP contribution is 2.50. The molecule has 1 atom stereocenters. The lowest BCUT2D eigenvalue weighted by atomic mass is 9.62. The van der Waals surface area contributed by atoms with Gasteiger partial charge in [-0.05, 0) is 89.3 Å². The van der Waals surface area contributed by atoms with Gasteiger partial charge in [0.2, 0.25) is 0 Å². The summed E-state index contributed by atoms with van der Waals surface area (Å²) in [6.45, 7) is 4.51. The molecular formula is C33H29N3. The van der Waals surface area contributed by atoms with Crippen molar-refractivity contribution in [1.82, 2.24) is 0 Å². The van der Waals surface area contributed by atoms with E-state index in [-0.39, 0.29) is 11.0 Å². The molecule has 0 bridgehead atoms. The molecule has 0 aliphatic heterocycles. The van der Waals surface area contributed by atoms with Crippen LogP contribution >= 0.6 is 0 Å². The number of fused-ring (bicyclic) bond motifs is 1. The summed E-state index contributed by atoms with van der Waals surface area (Å²) in [5, 5.41) is 18.9. The van der Waals surface area contributed by atoms with Crippen LogP contribution in [0.5, 0.6) is 0 Å². The van der Waals surface area contributed by atoms with Gasteiger partial charge in [-0.25, -0.2) is 0 Å². The summed E-state index contributed by atoms with van der Waals surface area (Å²) >= 11 is 0. The third-order valence-electron chi connectivity index (χ3n) is 7.45. The summed E-state index contributed by atoms with van der Waals surface area (Å²) in [4.78, 5) is 2.27. The lowest BCUT2D eigenvalue weighted by Crippen LogP contribution is -2.31. The second kappa shape index (κ2) is 9.73. The van der Waals surface area contributed by atoms with Crippen LogP contribution in [0.15, 0.2) is 114 Å². The second-order valence-electron chi connectivity index (χ2n) is 10.2. The molecule has 2 aliphatic carbocycles. The number of hydrogen-bond acceptors (Lipinski definition) is 3. The molecule has 0 amide bonds. The van der Waals surface area contributed by atoms with Gasteiger partial charge in [-0.3, -0.25) is 0 Å². The molecule has 2 aliphatic rings. The quantitative estimate of drug-likeness (QED) is 0.361. The maximum absolute atomic E-state index is 9.43. The number of hydrogen-bond donors (Lipinski definition) is 0. The van der Waals surface area contributed by atoms with Crippen LogP contribution in [0, 0.1) is 34.0 Å². The Labute approximate surface area is 213 Å². The Balaban J connectivity index is 1.50. The Morgan fingerprint density at radius 2 is 1.33 bits per heavy atom. The molecule has 0 aromatic heterocycles. The number of nitriles is 2. The summed E-state index contributed by atoms with van der Waals surface area (Å²) in [5.74, 6) is 0.439. The van der Waals surface area contributed by atoms with Crippen molar-refractivity contribution in [3.63, 3.8) is 0 Å². The summed E-state index contributed by atoms with van der Waals surface area (Å²) < 4.78 is 0. The van der Waals surface area contributed by atoms with E-state index in [1.807, 2.05) is 12.1 Å². The average Bonchev–Trinajstić information content (AvgIpc) is 2.90. The van der Waals surface area contributed by atoms with Crippen LogP contribution in [0.1, 0.15) is 38.7 Å². The van der Waals surface area contributed by atoms with Crippen LogP contribution in [-0.4, -0.2) is 0 Å². The van der Waals surface area contributed by atoms with Crippen LogP contribution in [0.2, 0.25) is 0 Å². The number of anilines is 3. The van der Waals surface area contributed by atoms with E-state index in [2.05, 4.69) is 116 Å². The van der Waals surface area contributed by atoms with E-state index < -0.39 is 0 Å². The fraction of sp³-hybridized carbons (Fsp3) is 0.212. The van der Waals surface area contributed by atoms with Crippen LogP contribution in [-0.2, 0) is 0 Å². The van der Waals surface area contributed by atoms with Crippen molar-refractivity contribution in [2.24, 2.45) is 11.3 Å². The van der Waals surface area contributed by atoms with E-state index in [1.54, 1.807) is 0 Å². The highest BCUT2D eigenvalue weighted by Gasteiger charge is 2.38. The predicted molar refractivity (Wildman–Crippen MR) is 147 cm³/mol. The molecule has 3 heteroatoms. The number of rotatable bonds is 4. The first-order chi connectivity index (χ1) is 17.5. The molecule has 3 aromatic carbocycles. The maximum atomic E-state index is 9.43. The Kier molecular flexibility index (Phi) is 6.32. The van der Waals surface area contributed by atoms with Crippen molar-refractivity contribution in [2.75, 3.05) is 4.90 Å². The minimum Gasteiger partial charge on any atom is -0.311 e. The van der Waals surface area contributed by atoms with Gasteiger partial charge in [0.25, 0.3) is 0 Å². The van der Waals surface area contributed by atoms with Crippen molar-refractivity contribution in [1.29, 1.82) is 10.5 Å². The summed E-state index contributed by atoms with van der Waals surface area (Å²) in [5.41, 5.74) is 8.25. The molecule has 0 heterocycles. The Morgan fingerprint density at radius 3 is 1.89 bits per heavy atom. The molecule has 0 fully saturated rings. The van der Waals surface area contributed by atoms with Crippen molar-refractivity contribution >= 4 is 22.6 Å². The van der Waals surface area contributed by atoms with Crippen LogP contribution < -0.4 is 4.90 Å². The number of para-hydroxylation sites is 2. The first kappa shape index (κ1) is 23.4. The van der Waals surface area contributed by atoms with Gasteiger partial charge >= 0.3 is 0 Å². The van der Waals surface area contributed by atoms with Gasteiger partial charge in [0.05, 0.1) is 0 Å². The summed E-state index contributed by atoms with van der Waals surface area (Å²) in [7, 11) is 0. The van der Waals surface area contributed by atoms with Gasteiger partial charge in [-0.1, -0.05) is 74.5 Å². The summed E-state index contributed by atoms with van der Waals surface area (Å²) in [6.07, 6.45) is 7.26. The molecule has 0 N–H and O–H groups in total. The Morgan fingerprint density at radius 1 is 0.778 bits per heavy atom. The van der Waals surface area contributed by atoms with E-state index in [0.29, 0.717) is 5.92 Å². The number of allylic oxidation sites excluding steroid dienone is 6. The smallest absolute Gasteiger partial charge is 0.132 e. The zero-order valence-electron chi connectivity index (χ0n) is 20.8. The molecular weight excluding hydrogens is 438 g/mol. The molecule has 36 heavy (non-hydrogen) atoms. The van der Waals surface area contributed by atoms with E-state index in [0.717, 1.165) is 41.9 Å². The topological polar surface area (TPSA) is 50.8 Å². The highest BCUT2D eigenvalue weighted by atomic mass is 15.1. The van der Waals surface area contributed by atoms with Gasteiger partial charge < -0.3 is 4.90 Å². The van der Waals surface area contributed by atoms with Crippen LogP contribution in [0.25, 0.3) is 5.57 Å². The molecule has 3 nitrogen and oxygen atoms in total. The molecule has 0 saturated heterocycles. The molecule has 3 aromatic rings. The van der Waals surface area contributed by atoms with Gasteiger partial charge in [-0.2, -0.15) is 10.5 Å². The van der Waals surface area contributed by atoms with E-state index in [1.165, 1.54) is 16.7 Å². The van der Waals surface area contributed by atoms with Gasteiger partial charge in [0, 0.05) is 17.1 Å². The Bertz CT molecular complexity index is 1370. The second-order valence-corrected chi connectivity index (χ2v) is 10.2. The molecule has 0 radical (unpaired) electrons. The van der Waals surface area contributed by atoms with Crippen molar-refractivity contribution < 1.29 is 0 Å². The standard InChI is InChI=1S/C33H29N3/c1-33(2)21-27(28(22-34)23-35)20-26-19-25(15-18-32(26)33)24-13-16-31(17-14-24)36(29-9-5-3-6-10-29)30-11-7-4-8-12-30/h3-14,16-17,19-20,32H,15,18,21H2,1-2H3. The average molecular weight is 468 g/mol. The van der Waals surface area contributed by atoms with E-state index in [4.69, 9.17) is 0 Å². The minimum atomic E-state index is 0.0239. The van der Waals surface area contributed by atoms with E-state index in [9.17, 15) is 10.5 Å². The van der Waals surface area contributed by atoms with Crippen molar-refractivity contribution in [3.05, 3.63) is 119 Å². The molecule has 5 rings (SSSR count). The predicted octanol–water partition coefficient (Wildman–Crippen LogP) is 8.65. The maximum Gasteiger partial charge on any atom is 0.132 e. The molecule has 176 valence electrons. The fourth-order valence-electron chi connectivity index (χ4n) is 5.67. The van der Waals surface area contributed by atoms with Crippen LogP contribution in [0.4, 0.5) is 17.1 Å². The molecule has 0 spiro atoms. The number of benzene rings is 3. The lowest BCUT2D eigenvalue weighted by Gasteiger charge is -2.42.